The highest BCUT2D eigenvalue weighted by Gasteiger charge is 2.21. The lowest BCUT2D eigenvalue weighted by Crippen LogP contribution is -2.37. The molecule has 112 valence electrons. The first-order valence-electron chi connectivity index (χ1n) is 7.32. The van der Waals surface area contributed by atoms with Gasteiger partial charge in [0.2, 0.25) is 5.91 Å². The summed E-state index contributed by atoms with van der Waals surface area (Å²) in [5.74, 6) is 0.854. The van der Waals surface area contributed by atoms with Crippen molar-refractivity contribution in [2.24, 2.45) is 5.73 Å². The van der Waals surface area contributed by atoms with Crippen LogP contribution in [0.3, 0.4) is 0 Å². The summed E-state index contributed by atoms with van der Waals surface area (Å²) in [5, 5.41) is 11.8. The molecule has 1 amide bonds. The minimum absolute atomic E-state index is 0.0616. The molecule has 1 aromatic rings. The average molecular weight is 287 g/mol. The van der Waals surface area contributed by atoms with Gasteiger partial charge >= 0.3 is 0 Å². The van der Waals surface area contributed by atoms with Crippen molar-refractivity contribution in [2.45, 2.75) is 44.6 Å². The molecule has 1 heterocycles. The summed E-state index contributed by atoms with van der Waals surface area (Å²) in [7, 11) is 0. The van der Waals surface area contributed by atoms with E-state index in [1.807, 2.05) is 25.1 Å². The molecule has 0 saturated carbocycles. The quantitative estimate of drug-likeness (QED) is 0.786. The molecular weight excluding hydrogens is 266 g/mol. The highest BCUT2D eigenvalue weighted by Crippen LogP contribution is 2.27. The van der Waals surface area contributed by atoms with Crippen molar-refractivity contribution < 1.29 is 9.53 Å². The minimum Gasteiger partial charge on any atom is -0.494 e. The molecule has 3 N–H and O–H groups in total. The first-order valence-corrected chi connectivity index (χ1v) is 7.32. The Balaban J connectivity index is 1.85. The van der Waals surface area contributed by atoms with Gasteiger partial charge in [0.15, 0.2) is 0 Å². The van der Waals surface area contributed by atoms with Gasteiger partial charge in [-0.2, -0.15) is 5.26 Å². The predicted octanol–water partition coefficient (Wildman–Crippen LogP) is 2.36. The fraction of sp³-hybridized carbons (Fsp3) is 0.500. The monoisotopic (exact) mass is 287 g/mol. The molecule has 0 aliphatic carbocycles. The van der Waals surface area contributed by atoms with Gasteiger partial charge < -0.3 is 15.8 Å². The van der Waals surface area contributed by atoms with E-state index in [0.29, 0.717) is 25.9 Å². The molecule has 1 aromatic carbocycles. The van der Waals surface area contributed by atoms with Gasteiger partial charge in [-0.05, 0) is 49.4 Å². The van der Waals surface area contributed by atoms with Crippen LogP contribution in [0.4, 0.5) is 5.69 Å². The molecule has 1 aliphatic rings. The fourth-order valence-electron chi connectivity index (χ4n) is 2.34. The molecule has 0 radical (unpaired) electrons. The number of amides is 1. The number of nitrogens with zero attached hydrogens (tertiary/aromatic N) is 1. The topological polar surface area (TPSA) is 88.1 Å². The van der Waals surface area contributed by atoms with Crippen molar-refractivity contribution in [3.8, 4) is 11.8 Å². The second-order valence-corrected chi connectivity index (χ2v) is 5.44. The number of aryl methyl sites for hydroxylation is 1. The molecule has 5 heteroatoms. The van der Waals surface area contributed by atoms with Gasteiger partial charge in [0.1, 0.15) is 11.3 Å². The van der Waals surface area contributed by atoms with Crippen LogP contribution in [0.25, 0.3) is 0 Å². The maximum atomic E-state index is 11.3. The molecule has 1 unspecified atom stereocenters. The molecule has 0 spiro atoms. The van der Waals surface area contributed by atoms with E-state index in [1.165, 1.54) is 0 Å². The number of anilines is 1. The second kappa shape index (κ2) is 6.59. The number of hydrogen-bond acceptors (Lipinski definition) is 4. The van der Waals surface area contributed by atoms with Gasteiger partial charge in [0.25, 0.3) is 0 Å². The number of fused-ring (bicyclic) bond motifs is 1. The van der Waals surface area contributed by atoms with Gasteiger partial charge in [-0.15, -0.1) is 0 Å². The fourth-order valence-corrected chi connectivity index (χ4v) is 2.34. The number of rotatable bonds is 6. The summed E-state index contributed by atoms with van der Waals surface area (Å²) in [4.78, 5) is 11.3. The summed E-state index contributed by atoms with van der Waals surface area (Å²) in [6, 6.07) is 7.84. The van der Waals surface area contributed by atoms with Gasteiger partial charge in [0.05, 0.1) is 12.7 Å². The van der Waals surface area contributed by atoms with Crippen LogP contribution in [-0.4, -0.2) is 18.1 Å². The van der Waals surface area contributed by atoms with Crippen molar-refractivity contribution in [3.05, 3.63) is 23.8 Å². The Hall–Kier alpha value is -2.06. The number of carbonyl (C=O) groups is 1. The molecule has 0 bridgehead atoms. The molecule has 1 atom stereocenters. The Labute approximate surface area is 125 Å². The third-order valence-electron chi connectivity index (χ3n) is 3.86. The van der Waals surface area contributed by atoms with Crippen LogP contribution in [0.15, 0.2) is 18.2 Å². The smallest absolute Gasteiger partial charge is 0.224 e. The second-order valence-electron chi connectivity index (χ2n) is 5.44. The summed E-state index contributed by atoms with van der Waals surface area (Å²) < 4.78 is 5.71. The summed E-state index contributed by atoms with van der Waals surface area (Å²) in [6.45, 7) is 2.45. The number of ether oxygens (including phenoxy) is 1. The van der Waals surface area contributed by atoms with Gasteiger partial charge in [-0.25, -0.2) is 0 Å². The molecule has 1 aliphatic heterocycles. The molecule has 0 aromatic heterocycles. The zero-order valence-corrected chi connectivity index (χ0v) is 12.3. The van der Waals surface area contributed by atoms with Crippen molar-refractivity contribution in [2.75, 3.05) is 11.9 Å². The van der Waals surface area contributed by atoms with Crippen molar-refractivity contribution >= 4 is 11.6 Å². The van der Waals surface area contributed by atoms with Crippen LogP contribution in [0.1, 0.15) is 38.2 Å². The van der Waals surface area contributed by atoms with Gasteiger partial charge in [0, 0.05) is 12.1 Å². The summed E-state index contributed by atoms with van der Waals surface area (Å²) in [6.07, 6.45) is 3.27. The van der Waals surface area contributed by atoms with Crippen molar-refractivity contribution in [3.63, 3.8) is 0 Å². The maximum Gasteiger partial charge on any atom is 0.224 e. The van der Waals surface area contributed by atoms with Crippen molar-refractivity contribution in [1.29, 1.82) is 5.26 Å². The lowest BCUT2D eigenvalue weighted by atomic mass is 9.94. The first-order chi connectivity index (χ1) is 10.1. The van der Waals surface area contributed by atoms with Gasteiger partial charge in [-0.1, -0.05) is 6.92 Å². The normalized spacial score (nSPS) is 16.3. The Morgan fingerprint density at radius 2 is 2.29 bits per heavy atom. The average Bonchev–Trinajstić information content (AvgIpc) is 2.51. The summed E-state index contributed by atoms with van der Waals surface area (Å²) in [5.41, 5.74) is 7.15. The van der Waals surface area contributed by atoms with Crippen LogP contribution in [0, 0.1) is 11.3 Å². The van der Waals surface area contributed by atoms with E-state index >= 15 is 0 Å². The number of nitrogens with one attached hydrogen (secondary N) is 1. The molecule has 5 nitrogen and oxygen atoms in total. The van der Waals surface area contributed by atoms with E-state index in [2.05, 4.69) is 11.4 Å². The number of nitrogens with two attached hydrogens (primary N) is 1. The SMILES string of the molecule is CCC(N)(C#N)CCCOc1ccc2c(c1)CCC(=O)N2. The number of hydrogen-bond donors (Lipinski definition) is 2. The number of carbonyl (C=O) groups excluding carboxylic acids is 1. The Bertz CT molecular complexity index is 565. The van der Waals surface area contributed by atoms with E-state index in [0.717, 1.165) is 29.8 Å². The van der Waals surface area contributed by atoms with E-state index in [1.54, 1.807) is 0 Å². The molecule has 0 fully saturated rings. The van der Waals surface area contributed by atoms with E-state index in [4.69, 9.17) is 15.7 Å². The van der Waals surface area contributed by atoms with Crippen molar-refractivity contribution in [1.82, 2.24) is 0 Å². The van der Waals surface area contributed by atoms with Crippen LogP contribution < -0.4 is 15.8 Å². The Morgan fingerprint density at radius 1 is 1.48 bits per heavy atom. The zero-order valence-electron chi connectivity index (χ0n) is 12.3. The summed E-state index contributed by atoms with van der Waals surface area (Å²) >= 11 is 0. The van der Waals surface area contributed by atoms with Crippen LogP contribution >= 0.6 is 0 Å². The molecular formula is C16H21N3O2. The third-order valence-corrected chi connectivity index (χ3v) is 3.86. The third kappa shape index (κ3) is 3.96. The van der Waals surface area contributed by atoms with Crippen LogP contribution in [-0.2, 0) is 11.2 Å². The van der Waals surface area contributed by atoms with Crippen LogP contribution in [0.2, 0.25) is 0 Å². The van der Waals surface area contributed by atoms with E-state index in [-0.39, 0.29) is 5.91 Å². The predicted molar refractivity (Wildman–Crippen MR) is 80.9 cm³/mol. The van der Waals surface area contributed by atoms with Gasteiger partial charge in [-0.3, -0.25) is 4.79 Å². The Kier molecular flexibility index (Phi) is 4.81. The number of nitriles is 1. The maximum absolute atomic E-state index is 11.3. The van der Waals surface area contributed by atoms with Crippen LogP contribution in [0.5, 0.6) is 5.75 Å². The molecule has 0 saturated heterocycles. The lowest BCUT2D eigenvalue weighted by molar-refractivity contribution is -0.116. The largest absolute Gasteiger partial charge is 0.494 e. The first kappa shape index (κ1) is 15.3. The highest BCUT2D eigenvalue weighted by molar-refractivity contribution is 5.93. The van der Waals surface area contributed by atoms with E-state index < -0.39 is 5.54 Å². The molecule has 21 heavy (non-hydrogen) atoms. The minimum atomic E-state index is -0.747. The highest BCUT2D eigenvalue weighted by atomic mass is 16.5. The zero-order chi connectivity index (χ0) is 15.3. The standard InChI is InChI=1S/C16H21N3O2/c1-2-16(18,11-17)8-3-9-21-13-5-6-14-12(10-13)4-7-15(20)19-14/h5-6,10H,2-4,7-9,18H2,1H3,(H,19,20). The number of benzene rings is 1. The Morgan fingerprint density at radius 3 is 3.00 bits per heavy atom. The molecule has 2 rings (SSSR count). The van der Waals surface area contributed by atoms with E-state index in [9.17, 15) is 4.79 Å². The lowest BCUT2D eigenvalue weighted by Gasteiger charge is -2.20.